The average molecular weight is 130 g/mol. The predicted molar refractivity (Wildman–Crippen MR) is 20.2 cm³/mol. The molecule has 32 valence electrons. The minimum Gasteiger partial charge on any atom is -0.373 e. The zero-order chi connectivity index (χ0) is 5.41. The Morgan fingerprint density at radius 3 is 0.625 bits per heavy atom. The zero-order valence-corrected chi connectivity index (χ0v) is 8.68. The smallest absolute Gasteiger partial charge is 0.373 e. The van der Waals surface area contributed by atoms with Gasteiger partial charge in [0, 0.05) is 0 Å². The second kappa shape index (κ2) is 48.6. The summed E-state index contributed by atoms with van der Waals surface area (Å²) < 4.78 is 0. The summed E-state index contributed by atoms with van der Waals surface area (Å²) in [6.45, 7) is 0. The van der Waals surface area contributed by atoms with E-state index >= 15 is 0 Å². The first-order valence-corrected chi connectivity index (χ1v) is 0.800. The summed E-state index contributed by atoms with van der Waals surface area (Å²) in [5, 5.41) is 0. The van der Waals surface area contributed by atoms with Gasteiger partial charge < -0.3 is 22.1 Å². The second-order valence-electron chi connectivity index (χ2n) is 0.179. The molecule has 0 aliphatic carbocycles. The molecule has 0 fully saturated rings. The zero-order valence-electron chi connectivity index (χ0n) is 4.68. The van der Waals surface area contributed by atoms with Crippen molar-refractivity contribution in [1.82, 2.24) is 0 Å². The fraction of sp³-hybridized carbons (Fsp3) is 0. The molecular weight excluding hydrogens is 130 g/mol. The van der Waals surface area contributed by atoms with E-state index in [0.717, 1.165) is 0 Å². The van der Waals surface area contributed by atoms with Gasteiger partial charge in [0.15, 0.2) is 0 Å². The van der Waals surface area contributed by atoms with Crippen molar-refractivity contribution in [3.05, 3.63) is 31.9 Å². The van der Waals surface area contributed by atoms with Gasteiger partial charge in [-0.2, -0.15) is 0 Å². The van der Waals surface area contributed by atoms with Gasteiger partial charge in [0.1, 0.15) is 0 Å². The van der Waals surface area contributed by atoms with Gasteiger partial charge in [0.25, 0.3) is 0 Å². The Morgan fingerprint density at radius 1 is 0.625 bits per heavy atom. The quantitative estimate of drug-likeness (QED) is 0.136. The summed E-state index contributed by atoms with van der Waals surface area (Å²) >= 11 is 0. The van der Waals surface area contributed by atoms with Crippen LogP contribution in [0.3, 0.4) is 0 Å². The van der Waals surface area contributed by atoms with Crippen molar-refractivity contribution in [1.29, 1.82) is 0 Å². The Bertz CT molecular complexity index is 60.5. The van der Waals surface area contributed by atoms with Crippen LogP contribution in [-0.2, 0) is 0 Å². The molecule has 0 rings (SSSR count). The molecule has 0 aliphatic heterocycles. The van der Waals surface area contributed by atoms with Crippen LogP contribution >= 0.6 is 0 Å². The minimum absolute atomic E-state index is 0. The van der Waals surface area contributed by atoms with Gasteiger partial charge in [-0.05, 0) is 0 Å². The molecule has 0 saturated carbocycles. The van der Waals surface area contributed by atoms with Crippen molar-refractivity contribution in [3.8, 4) is 0 Å². The van der Waals surface area contributed by atoms with Crippen molar-refractivity contribution in [3.63, 3.8) is 0 Å². The molecular formula is N6Na2. The second-order valence-corrected chi connectivity index (χ2v) is 0.179. The van der Waals surface area contributed by atoms with Crippen LogP contribution < -0.4 is 59.1 Å². The molecule has 0 spiro atoms. The first-order chi connectivity index (χ1) is 2.83. The number of hydrogen-bond donors (Lipinski definition) is 0. The van der Waals surface area contributed by atoms with E-state index in [1.165, 1.54) is 9.82 Å². The van der Waals surface area contributed by atoms with Crippen LogP contribution in [-0.4, -0.2) is 0 Å². The molecule has 0 aliphatic rings. The van der Waals surface area contributed by atoms with E-state index in [0.29, 0.717) is 0 Å². The van der Waals surface area contributed by atoms with E-state index in [9.17, 15) is 0 Å². The first-order valence-electron chi connectivity index (χ1n) is 0.800. The third kappa shape index (κ3) is 544. The van der Waals surface area contributed by atoms with Gasteiger partial charge in [-0.3, -0.25) is 9.82 Å². The fourth-order valence-electron chi connectivity index (χ4n) is 0. The topological polar surface area (TPSA) is 117 Å². The van der Waals surface area contributed by atoms with Crippen LogP contribution in [0.4, 0.5) is 0 Å². The fourth-order valence-corrected chi connectivity index (χ4v) is 0. The Balaban J connectivity index is -0.0000000160. The van der Waals surface area contributed by atoms with Crippen LogP contribution in [0.5, 0.6) is 0 Å². The van der Waals surface area contributed by atoms with E-state index in [4.69, 9.17) is 22.1 Å². The third-order valence-corrected chi connectivity index (χ3v) is 0. The van der Waals surface area contributed by atoms with Crippen LogP contribution in [0.1, 0.15) is 0 Å². The molecule has 0 aromatic rings. The molecule has 6 nitrogen and oxygen atoms in total. The first kappa shape index (κ1) is 23.4. The monoisotopic (exact) mass is 130 g/mol. The molecule has 0 aromatic carbocycles. The van der Waals surface area contributed by atoms with Crippen molar-refractivity contribution >= 4 is 0 Å². The summed E-state index contributed by atoms with van der Waals surface area (Å²) in [5.41, 5.74) is 27.0. The maximum atomic E-state index is 6.75. The Labute approximate surface area is 90.1 Å². The number of hydrogen-bond acceptors (Lipinski definition) is 0. The Hall–Kier alpha value is 0.620. The van der Waals surface area contributed by atoms with E-state index in [1.807, 2.05) is 0 Å². The Kier molecular flexibility index (Phi) is 143. The summed E-state index contributed by atoms with van der Waals surface area (Å²) in [4.78, 5) is 3.00. The Morgan fingerprint density at radius 2 is 0.625 bits per heavy atom. The average Bonchev–Trinajstić information content (AvgIpc) is 1.39. The summed E-state index contributed by atoms with van der Waals surface area (Å²) in [6.07, 6.45) is 0. The molecule has 0 unspecified atom stereocenters. The van der Waals surface area contributed by atoms with E-state index < -0.39 is 0 Å². The summed E-state index contributed by atoms with van der Waals surface area (Å²) in [5.74, 6) is 0. The number of nitrogens with zero attached hydrogens (tertiary/aromatic N) is 6. The van der Waals surface area contributed by atoms with Crippen LogP contribution in [0.2, 0.25) is 0 Å². The van der Waals surface area contributed by atoms with Crippen LogP contribution in [0.15, 0.2) is 0 Å². The van der Waals surface area contributed by atoms with E-state index in [1.54, 1.807) is 0 Å². The van der Waals surface area contributed by atoms with E-state index in [-0.39, 0.29) is 59.1 Å². The molecule has 0 bridgehead atoms. The van der Waals surface area contributed by atoms with E-state index in [2.05, 4.69) is 0 Å². The molecule has 0 aromatic heterocycles. The van der Waals surface area contributed by atoms with Gasteiger partial charge in [0.2, 0.25) is 0 Å². The molecule has 8 heteroatoms. The van der Waals surface area contributed by atoms with Crippen molar-refractivity contribution in [2.24, 2.45) is 0 Å². The van der Waals surface area contributed by atoms with Gasteiger partial charge in [-0.25, -0.2) is 0 Å². The molecule has 0 radical (unpaired) electrons. The van der Waals surface area contributed by atoms with Crippen molar-refractivity contribution in [2.45, 2.75) is 0 Å². The standard InChI is InChI=1S/2N3.2Na/c2*1-3-2;;/q2*-1;2*+1. The third-order valence-electron chi connectivity index (χ3n) is 0. The van der Waals surface area contributed by atoms with Gasteiger partial charge in [-0.1, -0.05) is 0 Å². The maximum Gasteiger partial charge on any atom is 1.00 e. The van der Waals surface area contributed by atoms with Crippen molar-refractivity contribution in [2.75, 3.05) is 0 Å². The SMILES string of the molecule is [N-]=[N+]=[N-].[N-]=[N+]=[N-].[Na+].[Na+]. The molecule has 0 saturated heterocycles. The van der Waals surface area contributed by atoms with Crippen LogP contribution in [0.25, 0.3) is 31.9 Å². The van der Waals surface area contributed by atoms with Gasteiger partial charge in [-0.15, -0.1) is 0 Å². The van der Waals surface area contributed by atoms with Crippen molar-refractivity contribution < 1.29 is 59.1 Å². The molecule has 0 atom stereocenters. The summed E-state index contributed by atoms with van der Waals surface area (Å²) in [7, 11) is 0. The largest absolute Gasteiger partial charge is 1.00 e. The van der Waals surface area contributed by atoms with Gasteiger partial charge in [0.05, 0.1) is 0 Å². The maximum absolute atomic E-state index is 6.75. The summed E-state index contributed by atoms with van der Waals surface area (Å²) in [6, 6.07) is 0. The molecule has 0 heterocycles. The predicted octanol–water partition coefficient (Wildman–Crippen LogP) is -4.26. The minimum atomic E-state index is 0. The normalized spacial score (nSPS) is 2.00. The van der Waals surface area contributed by atoms with Crippen LogP contribution in [0, 0.1) is 0 Å². The molecule has 0 N–H and O–H groups in total. The van der Waals surface area contributed by atoms with Gasteiger partial charge >= 0.3 is 59.1 Å². The molecule has 8 heavy (non-hydrogen) atoms. The molecule has 0 amide bonds. The number of rotatable bonds is 0.